The van der Waals surface area contributed by atoms with Gasteiger partial charge in [0.15, 0.2) is 0 Å². The second-order valence-electron chi connectivity index (χ2n) is 6.39. The average molecular weight is 372 g/mol. The summed E-state index contributed by atoms with van der Waals surface area (Å²) in [5.41, 5.74) is 1.53. The molecule has 1 N–H and O–H groups in total. The zero-order valence-corrected chi connectivity index (χ0v) is 15.8. The highest BCUT2D eigenvalue weighted by atomic mass is 16.5. The number of pyridine rings is 1. The van der Waals surface area contributed by atoms with Crippen molar-refractivity contribution in [2.75, 3.05) is 26.6 Å². The number of hydrogen-bond donors (Lipinski definition) is 1. The zero-order valence-electron chi connectivity index (χ0n) is 15.8. The molecule has 27 heavy (non-hydrogen) atoms. The molecule has 0 aliphatic carbocycles. The van der Waals surface area contributed by atoms with Gasteiger partial charge >= 0.3 is 0 Å². The van der Waals surface area contributed by atoms with Gasteiger partial charge in [0.05, 0.1) is 21.3 Å². The summed E-state index contributed by atoms with van der Waals surface area (Å²) in [5.74, 6) is 1.10. The lowest BCUT2D eigenvalue weighted by molar-refractivity contribution is 0.102. The Morgan fingerprint density at radius 3 is 2.30 bits per heavy atom. The number of carbonyl (C=O) groups is 1. The molecule has 0 saturated heterocycles. The van der Waals surface area contributed by atoms with Crippen LogP contribution in [0.15, 0.2) is 29.1 Å². The fourth-order valence-corrected chi connectivity index (χ4v) is 3.39. The van der Waals surface area contributed by atoms with Gasteiger partial charge in [0.1, 0.15) is 22.8 Å². The monoisotopic (exact) mass is 372 g/mol. The van der Waals surface area contributed by atoms with Crippen LogP contribution in [0.4, 0.5) is 5.69 Å². The third kappa shape index (κ3) is 3.92. The van der Waals surface area contributed by atoms with Crippen LogP contribution < -0.4 is 25.1 Å². The van der Waals surface area contributed by atoms with Gasteiger partial charge in [-0.15, -0.1) is 0 Å². The minimum absolute atomic E-state index is 0.136. The van der Waals surface area contributed by atoms with Crippen molar-refractivity contribution in [2.24, 2.45) is 0 Å². The summed E-state index contributed by atoms with van der Waals surface area (Å²) in [6.45, 7) is 0.616. The molecule has 0 saturated carbocycles. The SMILES string of the molecule is COc1cc(NC(=O)c2c(OC)cc(=O)n3c2CCCCC3)cc(OC)c1. The van der Waals surface area contributed by atoms with Crippen molar-refractivity contribution in [1.82, 2.24) is 4.57 Å². The first-order chi connectivity index (χ1) is 13.1. The van der Waals surface area contributed by atoms with Gasteiger partial charge < -0.3 is 24.1 Å². The third-order valence-electron chi connectivity index (χ3n) is 4.73. The Bertz CT molecular complexity index is 882. The van der Waals surface area contributed by atoms with E-state index in [0.717, 1.165) is 25.0 Å². The molecule has 144 valence electrons. The Hall–Kier alpha value is -2.96. The van der Waals surface area contributed by atoms with Crippen molar-refractivity contribution in [1.29, 1.82) is 0 Å². The number of benzene rings is 1. The first-order valence-corrected chi connectivity index (χ1v) is 8.92. The number of rotatable bonds is 5. The van der Waals surface area contributed by atoms with E-state index in [-0.39, 0.29) is 11.5 Å². The molecule has 7 heteroatoms. The maximum Gasteiger partial charge on any atom is 0.261 e. The Labute approximate surface area is 157 Å². The molecule has 0 radical (unpaired) electrons. The highest BCUT2D eigenvalue weighted by Gasteiger charge is 2.23. The lowest BCUT2D eigenvalue weighted by Crippen LogP contribution is -2.27. The van der Waals surface area contributed by atoms with Crippen LogP contribution in [0.2, 0.25) is 0 Å². The second kappa shape index (κ2) is 8.16. The van der Waals surface area contributed by atoms with Crippen molar-refractivity contribution in [2.45, 2.75) is 32.2 Å². The summed E-state index contributed by atoms with van der Waals surface area (Å²) in [5, 5.41) is 2.88. The van der Waals surface area contributed by atoms with Crippen LogP contribution in [-0.4, -0.2) is 31.8 Å². The van der Waals surface area contributed by atoms with Gasteiger partial charge in [-0.2, -0.15) is 0 Å². The fourth-order valence-electron chi connectivity index (χ4n) is 3.39. The number of nitrogens with zero attached hydrogens (tertiary/aromatic N) is 1. The molecular weight excluding hydrogens is 348 g/mol. The van der Waals surface area contributed by atoms with Crippen molar-refractivity contribution >= 4 is 11.6 Å². The maximum absolute atomic E-state index is 13.1. The summed E-state index contributed by atoms with van der Waals surface area (Å²) in [4.78, 5) is 25.5. The van der Waals surface area contributed by atoms with Crippen molar-refractivity contribution in [3.05, 3.63) is 45.9 Å². The summed E-state index contributed by atoms with van der Waals surface area (Å²) in [7, 11) is 4.56. The zero-order chi connectivity index (χ0) is 19.4. The molecule has 1 aliphatic heterocycles. The number of methoxy groups -OCH3 is 3. The van der Waals surface area contributed by atoms with Crippen molar-refractivity contribution in [3.63, 3.8) is 0 Å². The quantitative estimate of drug-likeness (QED) is 0.873. The lowest BCUT2D eigenvalue weighted by atomic mass is 10.1. The van der Waals surface area contributed by atoms with E-state index in [1.807, 2.05) is 0 Å². The van der Waals surface area contributed by atoms with E-state index in [9.17, 15) is 9.59 Å². The van der Waals surface area contributed by atoms with Gasteiger partial charge in [-0.25, -0.2) is 0 Å². The highest BCUT2D eigenvalue weighted by molar-refractivity contribution is 6.07. The Balaban J connectivity index is 2.03. The molecule has 2 heterocycles. The van der Waals surface area contributed by atoms with Crippen LogP contribution >= 0.6 is 0 Å². The first kappa shape index (κ1) is 18.8. The fraction of sp³-hybridized carbons (Fsp3) is 0.400. The van der Waals surface area contributed by atoms with Gasteiger partial charge in [0, 0.05) is 42.2 Å². The molecule has 1 aliphatic rings. The van der Waals surface area contributed by atoms with E-state index >= 15 is 0 Å². The number of hydrogen-bond acceptors (Lipinski definition) is 5. The molecular formula is C20H24N2O5. The summed E-state index contributed by atoms with van der Waals surface area (Å²) < 4.78 is 17.6. The molecule has 2 aromatic rings. The molecule has 0 atom stereocenters. The minimum atomic E-state index is -0.326. The predicted octanol–water partition coefficient (Wildman–Crippen LogP) is 2.85. The van der Waals surface area contributed by atoms with Gasteiger partial charge in [0.2, 0.25) is 0 Å². The molecule has 0 fully saturated rings. The van der Waals surface area contributed by atoms with Gasteiger partial charge in [-0.05, 0) is 19.3 Å². The van der Waals surface area contributed by atoms with E-state index in [1.165, 1.54) is 13.2 Å². The Morgan fingerprint density at radius 1 is 0.963 bits per heavy atom. The topological polar surface area (TPSA) is 78.8 Å². The van der Waals surface area contributed by atoms with Crippen LogP contribution in [0.3, 0.4) is 0 Å². The van der Waals surface area contributed by atoms with Crippen molar-refractivity contribution < 1.29 is 19.0 Å². The van der Waals surface area contributed by atoms with Gasteiger partial charge in [-0.1, -0.05) is 6.42 Å². The predicted molar refractivity (Wildman–Crippen MR) is 102 cm³/mol. The van der Waals surface area contributed by atoms with Crippen molar-refractivity contribution in [3.8, 4) is 17.2 Å². The van der Waals surface area contributed by atoms with E-state index in [0.29, 0.717) is 41.5 Å². The number of aromatic nitrogens is 1. The standard InChI is InChI=1S/C20H24N2O5/c1-25-14-9-13(10-15(11-14)26-2)21-20(24)19-16-7-5-4-6-8-22(16)18(23)12-17(19)27-3/h9-12H,4-8H2,1-3H3,(H,21,24). The molecule has 0 spiro atoms. The first-order valence-electron chi connectivity index (χ1n) is 8.92. The molecule has 7 nitrogen and oxygen atoms in total. The highest BCUT2D eigenvalue weighted by Crippen LogP contribution is 2.29. The van der Waals surface area contributed by atoms with Crippen LogP contribution in [-0.2, 0) is 13.0 Å². The molecule has 1 aromatic heterocycles. The van der Waals surface area contributed by atoms with Crippen LogP contribution in [0.25, 0.3) is 0 Å². The molecule has 0 unspecified atom stereocenters. The van der Waals surface area contributed by atoms with Gasteiger partial charge in [-0.3, -0.25) is 9.59 Å². The molecule has 0 bridgehead atoms. The largest absolute Gasteiger partial charge is 0.497 e. The van der Waals surface area contributed by atoms with E-state index < -0.39 is 0 Å². The number of carbonyl (C=O) groups excluding carboxylic acids is 1. The van der Waals surface area contributed by atoms with E-state index in [4.69, 9.17) is 14.2 Å². The lowest BCUT2D eigenvalue weighted by Gasteiger charge is -2.18. The number of amides is 1. The molecule has 3 rings (SSSR count). The van der Waals surface area contributed by atoms with Crippen LogP contribution in [0, 0.1) is 0 Å². The van der Waals surface area contributed by atoms with Gasteiger partial charge in [0.25, 0.3) is 11.5 Å². The Morgan fingerprint density at radius 2 is 1.67 bits per heavy atom. The Kier molecular flexibility index (Phi) is 5.69. The number of fused-ring (bicyclic) bond motifs is 1. The van der Waals surface area contributed by atoms with E-state index in [1.54, 1.807) is 37.0 Å². The minimum Gasteiger partial charge on any atom is -0.497 e. The normalized spacial score (nSPS) is 13.3. The van der Waals surface area contributed by atoms with E-state index in [2.05, 4.69) is 5.32 Å². The second-order valence-corrected chi connectivity index (χ2v) is 6.39. The number of ether oxygens (including phenoxy) is 3. The summed E-state index contributed by atoms with van der Waals surface area (Å²) in [6, 6.07) is 6.53. The van der Waals surface area contributed by atoms with Crippen LogP contribution in [0.1, 0.15) is 35.3 Å². The summed E-state index contributed by atoms with van der Waals surface area (Å²) in [6.07, 6.45) is 3.54. The smallest absolute Gasteiger partial charge is 0.261 e. The number of nitrogens with one attached hydrogen (secondary N) is 1. The molecule has 1 aromatic carbocycles. The third-order valence-corrected chi connectivity index (χ3v) is 4.73. The maximum atomic E-state index is 13.1. The summed E-state index contributed by atoms with van der Waals surface area (Å²) >= 11 is 0. The average Bonchev–Trinajstić information content (AvgIpc) is 2.93. The van der Waals surface area contributed by atoms with Crippen LogP contribution in [0.5, 0.6) is 17.2 Å². The molecule has 1 amide bonds. The number of anilines is 1.